The zero-order valence-corrected chi connectivity index (χ0v) is 5.83. The fourth-order valence-electron chi connectivity index (χ4n) is 0.453. The van der Waals surface area contributed by atoms with Crippen molar-refractivity contribution in [3.8, 4) is 0 Å². The number of benzene rings is 1. The van der Waals surface area contributed by atoms with E-state index in [1.807, 2.05) is 30.3 Å². The van der Waals surface area contributed by atoms with Crippen molar-refractivity contribution in [2.45, 2.75) is 0 Å². The molecule has 46 valence electrons. The fourth-order valence-corrected chi connectivity index (χ4v) is 0.453. The Kier molecular flexibility index (Phi) is 3.51. The van der Waals surface area contributed by atoms with E-state index in [1.54, 1.807) is 0 Å². The maximum Gasteiger partial charge on any atom is 0.0313 e. The van der Waals surface area contributed by atoms with Crippen molar-refractivity contribution in [1.29, 1.82) is 0 Å². The van der Waals surface area contributed by atoms with Crippen LogP contribution in [0.25, 0.3) is 0 Å². The molecule has 0 amide bonds. The molecule has 0 heterocycles. The maximum absolute atomic E-state index is 5.36. The fraction of sp³-hybridized carbons (Fsp3) is 0. The number of hydrogen-bond donors (Lipinski definition) is 1. The van der Waals surface area contributed by atoms with Gasteiger partial charge in [-0.3, -0.25) is 0 Å². The second-order valence-electron chi connectivity index (χ2n) is 1.41. The van der Waals surface area contributed by atoms with E-state index in [2.05, 4.69) is 0 Å². The molecule has 1 aromatic carbocycles. The largest absolute Gasteiger partial charge is 0.399 e. The molecule has 0 aliphatic rings. The van der Waals surface area contributed by atoms with Crippen LogP contribution < -0.4 is 5.73 Å². The summed E-state index contributed by atoms with van der Waals surface area (Å²) >= 11 is 0. The maximum atomic E-state index is 5.36. The van der Waals surface area contributed by atoms with E-state index in [4.69, 9.17) is 5.73 Å². The van der Waals surface area contributed by atoms with Crippen LogP contribution >= 0.6 is 0 Å². The number of hydrogen-bond acceptors (Lipinski definition) is 1. The molecule has 0 saturated heterocycles. The predicted molar refractivity (Wildman–Crippen MR) is 30.9 cm³/mol. The summed E-state index contributed by atoms with van der Waals surface area (Å²) in [7, 11) is 0. The molecule has 0 spiro atoms. The van der Waals surface area contributed by atoms with E-state index in [0.717, 1.165) is 5.69 Å². The molecular formula is C6H7NPd. The summed E-state index contributed by atoms with van der Waals surface area (Å²) in [5.74, 6) is 0. The summed E-state index contributed by atoms with van der Waals surface area (Å²) in [6, 6.07) is 9.49. The smallest absolute Gasteiger partial charge is 0.0313 e. The molecule has 0 bridgehead atoms. The Morgan fingerprint density at radius 1 is 1.00 bits per heavy atom. The summed E-state index contributed by atoms with van der Waals surface area (Å²) in [4.78, 5) is 0. The van der Waals surface area contributed by atoms with E-state index in [9.17, 15) is 0 Å². The molecule has 0 unspecified atom stereocenters. The van der Waals surface area contributed by atoms with Crippen LogP contribution in [-0.2, 0) is 20.4 Å². The Labute approximate surface area is 62.6 Å². The van der Waals surface area contributed by atoms with Crippen LogP contribution in [-0.4, -0.2) is 0 Å². The van der Waals surface area contributed by atoms with Gasteiger partial charge in [0, 0.05) is 26.1 Å². The van der Waals surface area contributed by atoms with Crippen LogP contribution in [0.1, 0.15) is 0 Å². The van der Waals surface area contributed by atoms with Gasteiger partial charge in [0.05, 0.1) is 0 Å². The Hall–Kier alpha value is -0.318. The van der Waals surface area contributed by atoms with Crippen LogP contribution in [0.4, 0.5) is 5.69 Å². The quantitative estimate of drug-likeness (QED) is 0.494. The van der Waals surface area contributed by atoms with Crippen molar-refractivity contribution < 1.29 is 20.4 Å². The number of anilines is 1. The molecular weight excluding hydrogens is 192 g/mol. The van der Waals surface area contributed by atoms with Gasteiger partial charge in [0.25, 0.3) is 0 Å². The van der Waals surface area contributed by atoms with E-state index in [1.165, 1.54) is 0 Å². The molecule has 0 radical (unpaired) electrons. The van der Waals surface area contributed by atoms with Crippen molar-refractivity contribution in [3.63, 3.8) is 0 Å². The molecule has 8 heavy (non-hydrogen) atoms. The van der Waals surface area contributed by atoms with E-state index < -0.39 is 0 Å². The Morgan fingerprint density at radius 2 is 1.50 bits per heavy atom. The molecule has 0 aliphatic carbocycles. The van der Waals surface area contributed by atoms with Gasteiger partial charge >= 0.3 is 0 Å². The van der Waals surface area contributed by atoms with Crippen molar-refractivity contribution in [3.05, 3.63) is 30.3 Å². The topological polar surface area (TPSA) is 26.0 Å². The molecule has 1 aromatic rings. The number of rotatable bonds is 0. The van der Waals surface area contributed by atoms with Crippen molar-refractivity contribution >= 4 is 5.69 Å². The summed E-state index contributed by atoms with van der Waals surface area (Å²) in [6.07, 6.45) is 0. The normalized spacial score (nSPS) is 7.50. The summed E-state index contributed by atoms with van der Waals surface area (Å²) in [5, 5.41) is 0. The third-order valence-corrected chi connectivity index (χ3v) is 0.800. The summed E-state index contributed by atoms with van der Waals surface area (Å²) in [6.45, 7) is 0. The van der Waals surface area contributed by atoms with Crippen molar-refractivity contribution in [1.82, 2.24) is 0 Å². The van der Waals surface area contributed by atoms with Crippen molar-refractivity contribution in [2.75, 3.05) is 5.73 Å². The van der Waals surface area contributed by atoms with Crippen LogP contribution in [0.3, 0.4) is 0 Å². The van der Waals surface area contributed by atoms with Crippen LogP contribution in [0.5, 0.6) is 0 Å². The zero-order valence-electron chi connectivity index (χ0n) is 4.28. The molecule has 0 aliphatic heterocycles. The van der Waals surface area contributed by atoms with Gasteiger partial charge in [0.15, 0.2) is 0 Å². The summed E-state index contributed by atoms with van der Waals surface area (Å²) < 4.78 is 0. The minimum Gasteiger partial charge on any atom is -0.399 e. The van der Waals surface area contributed by atoms with Crippen molar-refractivity contribution in [2.24, 2.45) is 0 Å². The Bertz CT molecular complexity index is 138. The standard InChI is InChI=1S/C6H7N.Pd/c7-6-4-2-1-3-5-6;/h1-5H,7H2;. The molecule has 0 fully saturated rings. The first kappa shape index (κ1) is 7.68. The first-order valence-electron chi connectivity index (χ1n) is 2.20. The van der Waals surface area contributed by atoms with Gasteiger partial charge in [-0.2, -0.15) is 0 Å². The van der Waals surface area contributed by atoms with Gasteiger partial charge in [-0.05, 0) is 12.1 Å². The van der Waals surface area contributed by atoms with Crippen LogP contribution in [0.2, 0.25) is 0 Å². The van der Waals surface area contributed by atoms with Gasteiger partial charge in [-0.15, -0.1) is 0 Å². The minimum absolute atomic E-state index is 0. The van der Waals surface area contributed by atoms with Gasteiger partial charge < -0.3 is 5.73 Å². The van der Waals surface area contributed by atoms with Gasteiger partial charge in [0.1, 0.15) is 0 Å². The van der Waals surface area contributed by atoms with E-state index in [0.29, 0.717) is 0 Å². The SMILES string of the molecule is Nc1ccccc1.[Pd]. The molecule has 0 aromatic heterocycles. The second kappa shape index (κ2) is 3.66. The number of nitrogen functional groups attached to an aromatic ring is 1. The first-order valence-corrected chi connectivity index (χ1v) is 2.20. The zero-order chi connectivity index (χ0) is 5.11. The van der Waals surface area contributed by atoms with Crippen LogP contribution in [0, 0.1) is 0 Å². The van der Waals surface area contributed by atoms with Crippen LogP contribution in [0.15, 0.2) is 30.3 Å². The average molecular weight is 200 g/mol. The minimum atomic E-state index is 0. The van der Waals surface area contributed by atoms with E-state index >= 15 is 0 Å². The van der Waals surface area contributed by atoms with Gasteiger partial charge in [-0.25, -0.2) is 0 Å². The van der Waals surface area contributed by atoms with E-state index in [-0.39, 0.29) is 20.4 Å². The van der Waals surface area contributed by atoms with Gasteiger partial charge in [0.2, 0.25) is 0 Å². The molecule has 1 rings (SSSR count). The molecule has 0 saturated carbocycles. The molecule has 2 heteroatoms. The average Bonchev–Trinajstić information content (AvgIpc) is 1.69. The number of nitrogens with two attached hydrogens (primary N) is 1. The van der Waals surface area contributed by atoms with Gasteiger partial charge in [-0.1, -0.05) is 18.2 Å². The number of para-hydroxylation sites is 1. The first-order chi connectivity index (χ1) is 3.39. The Balaban J connectivity index is 0.000000490. The molecule has 0 atom stereocenters. The Morgan fingerprint density at radius 3 is 1.75 bits per heavy atom. The second-order valence-corrected chi connectivity index (χ2v) is 1.41. The predicted octanol–water partition coefficient (Wildman–Crippen LogP) is 1.27. The monoisotopic (exact) mass is 199 g/mol. The molecule has 1 nitrogen and oxygen atoms in total. The third kappa shape index (κ3) is 2.11. The molecule has 2 N–H and O–H groups in total. The third-order valence-electron chi connectivity index (χ3n) is 0.800. The summed E-state index contributed by atoms with van der Waals surface area (Å²) in [5.41, 5.74) is 6.18.